The average Bonchev–Trinajstić information content (AvgIpc) is 2.95. The van der Waals surface area contributed by atoms with E-state index in [4.69, 9.17) is 4.74 Å². The molecule has 0 aliphatic carbocycles. The van der Waals surface area contributed by atoms with Gasteiger partial charge in [0.05, 0.1) is 17.9 Å². The van der Waals surface area contributed by atoms with Crippen LogP contribution >= 0.6 is 0 Å². The fraction of sp³-hybridized carbons (Fsp3) is 0.714. The zero-order valence-electron chi connectivity index (χ0n) is 12.3. The van der Waals surface area contributed by atoms with E-state index in [-0.39, 0.29) is 12.2 Å². The van der Waals surface area contributed by atoms with Crippen LogP contribution in [-0.4, -0.2) is 46.5 Å². The van der Waals surface area contributed by atoms with E-state index in [1.807, 2.05) is 20.8 Å². The van der Waals surface area contributed by atoms with Crippen molar-refractivity contribution in [3.8, 4) is 0 Å². The summed E-state index contributed by atoms with van der Waals surface area (Å²) in [7, 11) is 0. The molecular weight excluding hydrogens is 256 g/mol. The largest absolute Gasteiger partial charge is 0.388 e. The molecule has 0 bridgehead atoms. The molecule has 0 aromatic carbocycles. The van der Waals surface area contributed by atoms with E-state index in [1.165, 1.54) is 0 Å². The van der Waals surface area contributed by atoms with Gasteiger partial charge < -0.3 is 20.1 Å². The molecule has 0 spiro atoms. The Hall–Kier alpha value is -1.24. The van der Waals surface area contributed by atoms with E-state index in [0.29, 0.717) is 13.1 Å². The van der Waals surface area contributed by atoms with Crippen LogP contribution in [0.3, 0.4) is 0 Å². The third-order valence-corrected chi connectivity index (χ3v) is 3.76. The zero-order valence-corrected chi connectivity index (χ0v) is 12.3. The van der Waals surface area contributed by atoms with Crippen LogP contribution in [0.4, 0.5) is 5.82 Å². The molecule has 110 valence electrons. The molecule has 3 heterocycles. The molecule has 6 nitrogen and oxygen atoms in total. The molecule has 0 unspecified atom stereocenters. The minimum Gasteiger partial charge on any atom is -0.388 e. The molecule has 2 aliphatic heterocycles. The van der Waals surface area contributed by atoms with E-state index in [2.05, 4.69) is 20.2 Å². The quantitative estimate of drug-likeness (QED) is 0.832. The normalized spacial score (nSPS) is 25.6. The van der Waals surface area contributed by atoms with Crippen LogP contribution in [0.25, 0.3) is 0 Å². The highest BCUT2D eigenvalue weighted by Gasteiger charge is 2.35. The zero-order chi connectivity index (χ0) is 14.3. The molecular formula is C14H22N4O2. The molecule has 2 atom stereocenters. The predicted octanol–water partition coefficient (Wildman–Crippen LogP) is 0.363. The summed E-state index contributed by atoms with van der Waals surface area (Å²) in [5.41, 5.74) is 2.24. The molecule has 1 saturated heterocycles. The van der Waals surface area contributed by atoms with Crippen molar-refractivity contribution in [3.63, 3.8) is 0 Å². The summed E-state index contributed by atoms with van der Waals surface area (Å²) >= 11 is 0. The standard InChI is InChI=1S/C14H22N4O2/c1-8(2)20-13-7-18(6-12(13)19)14-10-4-15-5-11(10)16-9(3)17-14/h8,12-13,15,19H,4-7H2,1-3H3/t12-,13-/m1/s1. The fourth-order valence-corrected chi connectivity index (χ4v) is 2.95. The van der Waals surface area contributed by atoms with Crippen LogP contribution in [0.5, 0.6) is 0 Å². The van der Waals surface area contributed by atoms with Gasteiger partial charge in [0.15, 0.2) is 0 Å². The highest BCUT2D eigenvalue weighted by Crippen LogP contribution is 2.28. The van der Waals surface area contributed by atoms with E-state index < -0.39 is 6.10 Å². The second kappa shape index (κ2) is 5.27. The number of aromatic nitrogens is 2. The molecule has 2 N–H and O–H groups in total. The first-order chi connectivity index (χ1) is 9.54. The highest BCUT2D eigenvalue weighted by atomic mass is 16.5. The summed E-state index contributed by atoms with van der Waals surface area (Å²) in [6, 6.07) is 0. The number of fused-ring (bicyclic) bond motifs is 1. The topological polar surface area (TPSA) is 70.5 Å². The summed E-state index contributed by atoms with van der Waals surface area (Å²) in [6.07, 6.45) is -0.484. The molecule has 1 aromatic rings. The van der Waals surface area contributed by atoms with Gasteiger partial charge in [-0.15, -0.1) is 0 Å². The van der Waals surface area contributed by atoms with E-state index in [0.717, 1.165) is 36.0 Å². The third kappa shape index (κ3) is 2.51. The van der Waals surface area contributed by atoms with Crippen molar-refractivity contribution >= 4 is 5.82 Å². The van der Waals surface area contributed by atoms with Crippen LogP contribution in [-0.2, 0) is 17.8 Å². The van der Waals surface area contributed by atoms with Gasteiger partial charge >= 0.3 is 0 Å². The molecule has 3 rings (SSSR count). The smallest absolute Gasteiger partial charge is 0.137 e. The monoisotopic (exact) mass is 278 g/mol. The predicted molar refractivity (Wildman–Crippen MR) is 75.5 cm³/mol. The number of β-amino-alcohol motifs (C(OH)–C–C–N with tert-alkyl or cyclic N) is 1. The van der Waals surface area contributed by atoms with Gasteiger partial charge in [-0.1, -0.05) is 0 Å². The average molecular weight is 278 g/mol. The summed E-state index contributed by atoms with van der Waals surface area (Å²) in [5, 5.41) is 13.5. The molecule has 0 saturated carbocycles. The lowest BCUT2D eigenvalue weighted by molar-refractivity contribution is -0.0386. The Balaban J connectivity index is 1.84. The molecule has 6 heteroatoms. The summed E-state index contributed by atoms with van der Waals surface area (Å²) in [4.78, 5) is 11.2. The molecule has 2 aliphatic rings. The first-order valence-corrected chi connectivity index (χ1v) is 7.20. The van der Waals surface area contributed by atoms with Crippen LogP contribution in [0.15, 0.2) is 0 Å². The first-order valence-electron chi connectivity index (χ1n) is 7.20. The van der Waals surface area contributed by atoms with Crippen LogP contribution in [0.1, 0.15) is 30.9 Å². The van der Waals surface area contributed by atoms with Gasteiger partial charge in [0.1, 0.15) is 17.7 Å². The fourth-order valence-electron chi connectivity index (χ4n) is 2.95. The number of aliphatic hydroxyl groups is 1. The van der Waals surface area contributed by atoms with Gasteiger partial charge in [-0.05, 0) is 20.8 Å². The van der Waals surface area contributed by atoms with Crippen LogP contribution in [0, 0.1) is 6.92 Å². The maximum atomic E-state index is 10.2. The van der Waals surface area contributed by atoms with Crippen molar-refractivity contribution in [2.45, 2.75) is 52.2 Å². The lowest BCUT2D eigenvalue weighted by Crippen LogP contribution is -2.29. The Kier molecular flexibility index (Phi) is 3.62. The Morgan fingerprint density at radius 3 is 2.85 bits per heavy atom. The number of aryl methyl sites for hydroxylation is 1. The molecule has 20 heavy (non-hydrogen) atoms. The number of nitrogens with zero attached hydrogens (tertiary/aromatic N) is 3. The van der Waals surface area contributed by atoms with Gasteiger partial charge in [-0.25, -0.2) is 9.97 Å². The Morgan fingerprint density at radius 2 is 2.10 bits per heavy atom. The molecule has 0 radical (unpaired) electrons. The number of ether oxygens (including phenoxy) is 1. The molecule has 0 amide bonds. The van der Waals surface area contributed by atoms with Gasteiger partial charge in [0.25, 0.3) is 0 Å². The lowest BCUT2D eigenvalue weighted by atomic mass is 10.2. The van der Waals surface area contributed by atoms with Gasteiger partial charge in [-0.2, -0.15) is 0 Å². The van der Waals surface area contributed by atoms with Crippen molar-refractivity contribution in [2.24, 2.45) is 0 Å². The Labute approximate surface area is 119 Å². The van der Waals surface area contributed by atoms with Gasteiger partial charge in [0, 0.05) is 31.7 Å². The van der Waals surface area contributed by atoms with E-state index in [9.17, 15) is 5.11 Å². The lowest BCUT2D eigenvalue weighted by Gasteiger charge is -2.21. The first kappa shape index (κ1) is 13.7. The van der Waals surface area contributed by atoms with Gasteiger partial charge in [-0.3, -0.25) is 0 Å². The second-order valence-corrected chi connectivity index (χ2v) is 5.82. The Bertz CT molecular complexity index is 506. The van der Waals surface area contributed by atoms with E-state index >= 15 is 0 Å². The van der Waals surface area contributed by atoms with Gasteiger partial charge in [0.2, 0.25) is 0 Å². The number of nitrogens with one attached hydrogen (secondary N) is 1. The Morgan fingerprint density at radius 1 is 1.30 bits per heavy atom. The van der Waals surface area contributed by atoms with Crippen molar-refractivity contribution in [1.29, 1.82) is 0 Å². The number of aliphatic hydroxyl groups excluding tert-OH is 1. The maximum absolute atomic E-state index is 10.2. The molecule has 1 fully saturated rings. The number of hydrogen-bond acceptors (Lipinski definition) is 6. The maximum Gasteiger partial charge on any atom is 0.137 e. The van der Waals surface area contributed by atoms with Crippen molar-refractivity contribution in [2.75, 3.05) is 18.0 Å². The van der Waals surface area contributed by atoms with Crippen LogP contribution < -0.4 is 10.2 Å². The SMILES string of the molecule is Cc1nc2c(c(N3C[C@@H](O)[C@H](OC(C)C)C3)n1)CNC2. The van der Waals surface area contributed by atoms with Crippen molar-refractivity contribution in [3.05, 3.63) is 17.1 Å². The number of rotatable bonds is 3. The van der Waals surface area contributed by atoms with Crippen molar-refractivity contribution < 1.29 is 9.84 Å². The number of hydrogen-bond donors (Lipinski definition) is 2. The summed E-state index contributed by atoms with van der Waals surface area (Å²) < 4.78 is 5.77. The minimum absolute atomic E-state index is 0.120. The third-order valence-electron chi connectivity index (χ3n) is 3.76. The molecule has 1 aromatic heterocycles. The summed E-state index contributed by atoms with van der Waals surface area (Å²) in [6.45, 7) is 8.75. The van der Waals surface area contributed by atoms with E-state index in [1.54, 1.807) is 0 Å². The minimum atomic E-state index is -0.460. The summed E-state index contributed by atoms with van der Waals surface area (Å²) in [5.74, 6) is 1.73. The highest BCUT2D eigenvalue weighted by molar-refractivity contribution is 5.52. The number of anilines is 1. The van der Waals surface area contributed by atoms with Crippen LogP contribution in [0.2, 0.25) is 0 Å². The second-order valence-electron chi connectivity index (χ2n) is 5.82. The van der Waals surface area contributed by atoms with Crippen molar-refractivity contribution in [1.82, 2.24) is 15.3 Å².